The van der Waals surface area contributed by atoms with Crippen LogP contribution in [0.2, 0.25) is 0 Å². The minimum absolute atomic E-state index is 0.0713. The fourth-order valence-corrected chi connectivity index (χ4v) is 2.72. The molecule has 0 aliphatic rings. The number of aromatic nitrogens is 6. The SMILES string of the molecule is Cn1cc(-c2noc(CNS(=O)(=O)c3cnn(C)c3)n2)cn1. The molecule has 0 saturated carbocycles. The van der Waals surface area contributed by atoms with Gasteiger partial charge >= 0.3 is 0 Å². The standard InChI is InChI=1S/C11H13N7O3S/c1-17-6-8(3-12-17)11-15-10(21-16-11)5-14-22(19,20)9-4-13-18(2)7-9/h3-4,6-7,14H,5H2,1-2H3. The van der Waals surface area contributed by atoms with Gasteiger partial charge in [0.25, 0.3) is 0 Å². The third-order valence-corrected chi connectivity index (χ3v) is 4.19. The molecule has 0 amide bonds. The van der Waals surface area contributed by atoms with Crippen LogP contribution in [-0.2, 0) is 30.7 Å². The summed E-state index contributed by atoms with van der Waals surface area (Å²) in [6, 6.07) is 0. The topological polar surface area (TPSA) is 121 Å². The summed E-state index contributed by atoms with van der Waals surface area (Å²) in [6.45, 7) is -0.107. The van der Waals surface area contributed by atoms with E-state index in [2.05, 4.69) is 25.1 Å². The molecule has 10 nitrogen and oxygen atoms in total. The molecule has 0 radical (unpaired) electrons. The fourth-order valence-electron chi connectivity index (χ4n) is 1.76. The molecule has 3 aromatic rings. The maximum atomic E-state index is 12.0. The smallest absolute Gasteiger partial charge is 0.244 e. The Morgan fingerprint density at radius 1 is 1.18 bits per heavy atom. The molecule has 0 spiro atoms. The Morgan fingerprint density at radius 2 is 1.91 bits per heavy atom. The highest BCUT2D eigenvalue weighted by Crippen LogP contribution is 2.14. The van der Waals surface area contributed by atoms with Crippen molar-refractivity contribution in [3.05, 3.63) is 30.7 Å². The van der Waals surface area contributed by atoms with Crippen molar-refractivity contribution in [1.82, 2.24) is 34.4 Å². The first-order valence-electron chi connectivity index (χ1n) is 6.24. The lowest BCUT2D eigenvalue weighted by Gasteiger charge is -2.00. The number of nitrogens with one attached hydrogen (secondary N) is 1. The normalized spacial score (nSPS) is 11.9. The maximum absolute atomic E-state index is 12.0. The molecule has 0 atom stereocenters. The van der Waals surface area contributed by atoms with Gasteiger partial charge in [-0.2, -0.15) is 15.2 Å². The van der Waals surface area contributed by atoms with Crippen LogP contribution in [0.3, 0.4) is 0 Å². The van der Waals surface area contributed by atoms with E-state index >= 15 is 0 Å². The van der Waals surface area contributed by atoms with Gasteiger partial charge in [0.05, 0.1) is 24.5 Å². The molecule has 0 aliphatic heterocycles. The Labute approximate surface area is 125 Å². The summed E-state index contributed by atoms with van der Waals surface area (Å²) >= 11 is 0. The van der Waals surface area contributed by atoms with E-state index < -0.39 is 10.0 Å². The van der Waals surface area contributed by atoms with E-state index in [1.54, 1.807) is 31.2 Å². The van der Waals surface area contributed by atoms with Gasteiger partial charge < -0.3 is 4.52 Å². The third kappa shape index (κ3) is 2.89. The van der Waals surface area contributed by atoms with E-state index in [0.29, 0.717) is 11.4 Å². The second-order valence-corrected chi connectivity index (χ2v) is 6.36. The lowest BCUT2D eigenvalue weighted by molar-refractivity contribution is 0.376. The van der Waals surface area contributed by atoms with Crippen LogP contribution in [0, 0.1) is 0 Å². The molecular weight excluding hydrogens is 310 g/mol. The van der Waals surface area contributed by atoms with Crippen molar-refractivity contribution in [2.75, 3.05) is 0 Å². The van der Waals surface area contributed by atoms with Gasteiger partial charge in [0.2, 0.25) is 21.7 Å². The molecular formula is C11H13N7O3S. The summed E-state index contributed by atoms with van der Waals surface area (Å²) in [4.78, 5) is 4.19. The summed E-state index contributed by atoms with van der Waals surface area (Å²) in [7, 11) is -0.260. The predicted octanol–water partition coefficient (Wildman–Crippen LogP) is -0.318. The number of rotatable bonds is 5. The van der Waals surface area contributed by atoms with Crippen molar-refractivity contribution in [2.45, 2.75) is 11.4 Å². The van der Waals surface area contributed by atoms with E-state index in [1.165, 1.54) is 17.1 Å². The zero-order valence-electron chi connectivity index (χ0n) is 11.8. The highest BCUT2D eigenvalue weighted by molar-refractivity contribution is 7.89. The van der Waals surface area contributed by atoms with E-state index in [-0.39, 0.29) is 17.3 Å². The van der Waals surface area contributed by atoms with Crippen LogP contribution in [0.5, 0.6) is 0 Å². The maximum Gasteiger partial charge on any atom is 0.244 e. The van der Waals surface area contributed by atoms with E-state index in [1.807, 2.05) is 0 Å². The number of nitrogens with zero attached hydrogens (tertiary/aromatic N) is 6. The molecule has 0 bridgehead atoms. The average Bonchev–Trinajstić information content (AvgIpc) is 3.16. The molecule has 0 aromatic carbocycles. The van der Waals surface area contributed by atoms with Crippen LogP contribution in [0.4, 0.5) is 0 Å². The van der Waals surface area contributed by atoms with E-state index in [0.717, 1.165) is 0 Å². The number of hydrogen-bond donors (Lipinski definition) is 1. The molecule has 3 heterocycles. The lowest BCUT2D eigenvalue weighted by atomic mass is 10.3. The number of aryl methyl sites for hydroxylation is 2. The van der Waals surface area contributed by atoms with Crippen LogP contribution < -0.4 is 4.72 Å². The van der Waals surface area contributed by atoms with Gasteiger partial charge in [-0.1, -0.05) is 5.16 Å². The first-order valence-corrected chi connectivity index (χ1v) is 7.72. The van der Waals surface area contributed by atoms with Crippen molar-refractivity contribution in [2.24, 2.45) is 14.1 Å². The van der Waals surface area contributed by atoms with Crippen molar-refractivity contribution in [3.8, 4) is 11.4 Å². The van der Waals surface area contributed by atoms with Crippen molar-refractivity contribution < 1.29 is 12.9 Å². The number of hydrogen-bond acceptors (Lipinski definition) is 7. The van der Waals surface area contributed by atoms with Gasteiger partial charge in [-0.05, 0) is 0 Å². The summed E-state index contributed by atoms with van der Waals surface area (Å²) in [5, 5.41) is 11.6. The molecule has 3 aromatic heterocycles. The monoisotopic (exact) mass is 323 g/mol. The second kappa shape index (κ2) is 5.35. The fraction of sp³-hybridized carbons (Fsp3) is 0.273. The Kier molecular flexibility index (Phi) is 3.50. The van der Waals surface area contributed by atoms with Crippen LogP contribution in [0.15, 0.2) is 34.2 Å². The number of sulfonamides is 1. The predicted molar refractivity (Wildman–Crippen MR) is 73.7 cm³/mol. The molecule has 1 N–H and O–H groups in total. The Balaban J connectivity index is 1.71. The molecule has 0 unspecified atom stereocenters. The molecule has 22 heavy (non-hydrogen) atoms. The first kappa shape index (κ1) is 14.4. The summed E-state index contributed by atoms with van der Waals surface area (Å²) < 4.78 is 34.5. The third-order valence-electron chi connectivity index (χ3n) is 2.84. The molecule has 0 fully saturated rings. The van der Waals surface area contributed by atoms with Crippen LogP contribution >= 0.6 is 0 Å². The highest BCUT2D eigenvalue weighted by Gasteiger charge is 2.18. The van der Waals surface area contributed by atoms with Gasteiger partial charge in [-0.3, -0.25) is 9.36 Å². The van der Waals surface area contributed by atoms with Crippen molar-refractivity contribution in [1.29, 1.82) is 0 Å². The summed E-state index contributed by atoms with van der Waals surface area (Å²) in [6.07, 6.45) is 5.98. The average molecular weight is 323 g/mol. The lowest BCUT2D eigenvalue weighted by Crippen LogP contribution is -2.23. The van der Waals surface area contributed by atoms with Gasteiger partial charge in [0.15, 0.2) is 0 Å². The largest absolute Gasteiger partial charge is 0.338 e. The van der Waals surface area contributed by atoms with Crippen molar-refractivity contribution >= 4 is 10.0 Å². The highest BCUT2D eigenvalue weighted by atomic mass is 32.2. The van der Waals surface area contributed by atoms with E-state index in [4.69, 9.17) is 4.52 Å². The molecule has 11 heteroatoms. The molecule has 3 rings (SSSR count). The second-order valence-electron chi connectivity index (χ2n) is 4.59. The zero-order valence-corrected chi connectivity index (χ0v) is 12.6. The van der Waals surface area contributed by atoms with Gasteiger partial charge in [-0.25, -0.2) is 13.1 Å². The van der Waals surface area contributed by atoms with E-state index in [9.17, 15) is 8.42 Å². The van der Waals surface area contributed by atoms with Crippen molar-refractivity contribution in [3.63, 3.8) is 0 Å². The molecule has 116 valence electrons. The first-order chi connectivity index (χ1) is 10.4. The Hall–Kier alpha value is -2.53. The Morgan fingerprint density at radius 3 is 2.55 bits per heavy atom. The van der Waals surface area contributed by atoms with Gasteiger partial charge in [0, 0.05) is 26.5 Å². The van der Waals surface area contributed by atoms with Gasteiger partial charge in [-0.15, -0.1) is 0 Å². The minimum atomic E-state index is -3.67. The minimum Gasteiger partial charge on any atom is -0.338 e. The van der Waals surface area contributed by atoms with Crippen LogP contribution in [0.25, 0.3) is 11.4 Å². The Bertz CT molecular complexity index is 892. The quantitative estimate of drug-likeness (QED) is 0.683. The van der Waals surface area contributed by atoms with Crippen LogP contribution in [0.1, 0.15) is 5.89 Å². The zero-order chi connectivity index (χ0) is 15.7. The van der Waals surface area contributed by atoms with Crippen LogP contribution in [-0.4, -0.2) is 38.1 Å². The molecule has 0 aliphatic carbocycles. The van der Waals surface area contributed by atoms with Gasteiger partial charge in [0.1, 0.15) is 4.90 Å². The molecule has 0 saturated heterocycles. The summed E-state index contributed by atoms with van der Waals surface area (Å²) in [5.41, 5.74) is 0.688. The summed E-state index contributed by atoms with van der Waals surface area (Å²) in [5.74, 6) is 0.509.